The lowest BCUT2D eigenvalue weighted by molar-refractivity contribution is -0.384. The van der Waals surface area contributed by atoms with Crippen molar-refractivity contribution in [1.29, 1.82) is 0 Å². The van der Waals surface area contributed by atoms with Crippen LogP contribution in [0.2, 0.25) is 0 Å². The number of Topliss-reactive ketones (excluding diaryl/α,β-unsaturated/α-hetero) is 1. The molecule has 0 spiro atoms. The van der Waals surface area contributed by atoms with Gasteiger partial charge in [0.1, 0.15) is 23.9 Å². The number of rotatable bonds is 7. The third kappa shape index (κ3) is 4.86. The van der Waals surface area contributed by atoms with Crippen molar-refractivity contribution in [2.75, 3.05) is 7.11 Å². The predicted octanol–water partition coefficient (Wildman–Crippen LogP) is 4.18. The Kier molecular flexibility index (Phi) is 6.18. The first kappa shape index (κ1) is 20.9. The molecule has 0 aromatic heterocycles. The number of nitro benzene ring substituents is 1. The Labute approximate surface area is 179 Å². The standard InChI is InChI=1S/C23H23NO7/c1-28-17-3-2-4-19(11-17)31-22-14-30-21-12-18(9-10-20(21)23(22)25)29-13-15-5-7-16(8-6-15)24(26)27/h2-8,11,14,18,20-21H,9-10,12-13H2,1H3. The van der Waals surface area contributed by atoms with Gasteiger partial charge in [-0.15, -0.1) is 0 Å². The topological polar surface area (TPSA) is 97.1 Å². The molecule has 31 heavy (non-hydrogen) atoms. The number of nitrogens with zero attached hydrogens (tertiary/aromatic N) is 1. The second-order valence-electron chi connectivity index (χ2n) is 7.58. The van der Waals surface area contributed by atoms with Gasteiger partial charge in [-0.2, -0.15) is 0 Å². The Bertz CT molecular complexity index is 986. The van der Waals surface area contributed by atoms with Gasteiger partial charge in [-0.25, -0.2) is 0 Å². The molecule has 4 rings (SSSR count). The molecular formula is C23H23NO7. The number of carbonyl (C=O) groups excluding carboxylic acids is 1. The minimum Gasteiger partial charge on any atom is -0.497 e. The van der Waals surface area contributed by atoms with E-state index in [1.807, 2.05) is 0 Å². The van der Waals surface area contributed by atoms with Crippen molar-refractivity contribution in [3.63, 3.8) is 0 Å². The van der Waals surface area contributed by atoms with Crippen LogP contribution < -0.4 is 9.47 Å². The van der Waals surface area contributed by atoms with Crippen LogP contribution in [0.15, 0.2) is 60.6 Å². The van der Waals surface area contributed by atoms with Crippen LogP contribution in [-0.4, -0.2) is 30.0 Å². The van der Waals surface area contributed by atoms with Gasteiger partial charge in [-0.05, 0) is 42.7 Å². The molecule has 8 heteroatoms. The fourth-order valence-electron chi connectivity index (χ4n) is 3.88. The van der Waals surface area contributed by atoms with Crippen molar-refractivity contribution in [1.82, 2.24) is 0 Å². The van der Waals surface area contributed by atoms with Crippen LogP contribution in [0, 0.1) is 16.0 Å². The first-order valence-corrected chi connectivity index (χ1v) is 10.1. The Balaban J connectivity index is 1.33. The van der Waals surface area contributed by atoms with E-state index < -0.39 is 4.92 Å². The lowest BCUT2D eigenvalue weighted by atomic mass is 9.80. The van der Waals surface area contributed by atoms with E-state index >= 15 is 0 Å². The summed E-state index contributed by atoms with van der Waals surface area (Å²) in [5.74, 6) is 1.03. The van der Waals surface area contributed by atoms with Gasteiger partial charge in [0, 0.05) is 24.6 Å². The van der Waals surface area contributed by atoms with Crippen LogP contribution in [0.4, 0.5) is 5.69 Å². The summed E-state index contributed by atoms with van der Waals surface area (Å²) >= 11 is 0. The van der Waals surface area contributed by atoms with E-state index in [0.29, 0.717) is 30.9 Å². The highest BCUT2D eigenvalue weighted by molar-refractivity contribution is 5.96. The van der Waals surface area contributed by atoms with Crippen molar-refractivity contribution in [2.45, 2.75) is 38.1 Å². The molecule has 0 bridgehead atoms. The Hall–Kier alpha value is -3.39. The van der Waals surface area contributed by atoms with E-state index in [-0.39, 0.29) is 35.4 Å². The maximum atomic E-state index is 12.9. The van der Waals surface area contributed by atoms with Gasteiger partial charge < -0.3 is 18.9 Å². The molecule has 0 saturated heterocycles. The molecule has 2 aromatic carbocycles. The Morgan fingerprint density at radius 2 is 1.90 bits per heavy atom. The molecule has 3 atom stereocenters. The second-order valence-corrected chi connectivity index (χ2v) is 7.58. The minimum absolute atomic E-state index is 0.0431. The summed E-state index contributed by atoms with van der Waals surface area (Å²) < 4.78 is 22.7. The van der Waals surface area contributed by atoms with Gasteiger partial charge in [0.25, 0.3) is 5.69 Å². The van der Waals surface area contributed by atoms with Crippen LogP contribution in [-0.2, 0) is 20.9 Å². The van der Waals surface area contributed by atoms with Gasteiger partial charge in [0.15, 0.2) is 0 Å². The van der Waals surface area contributed by atoms with E-state index in [1.54, 1.807) is 43.5 Å². The number of benzene rings is 2. The zero-order valence-electron chi connectivity index (χ0n) is 17.1. The average Bonchev–Trinajstić information content (AvgIpc) is 2.80. The number of ketones is 1. The highest BCUT2D eigenvalue weighted by Crippen LogP contribution is 2.35. The Morgan fingerprint density at radius 1 is 1.13 bits per heavy atom. The second kappa shape index (κ2) is 9.18. The molecule has 3 unspecified atom stereocenters. The first-order valence-electron chi connectivity index (χ1n) is 10.1. The molecule has 1 fully saturated rings. The van der Waals surface area contributed by atoms with Crippen LogP contribution in [0.25, 0.3) is 0 Å². The molecule has 1 aliphatic carbocycles. The number of hydrogen-bond acceptors (Lipinski definition) is 7. The van der Waals surface area contributed by atoms with Crippen molar-refractivity contribution < 1.29 is 28.7 Å². The van der Waals surface area contributed by atoms with Gasteiger partial charge in [-0.1, -0.05) is 6.07 Å². The molecular weight excluding hydrogens is 402 g/mol. The van der Waals surface area contributed by atoms with Gasteiger partial charge >= 0.3 is 0 Å². The van der Waals surface area contributed by atoms with Crippen LogP contribution in [0.3, 0.4) is 0 Å². The predicted molar refractivity (Wildman–Crippen MR) is 111 cm³/mol. The molecule has 1 heterocycles. The summed E-state index contributed by atoms with van der Waals surface area (Å²) in [5.41, 5.74) is 0.916. The van der Waals surface area contributed by atoms with Gasteiger partial charge in [0.05, 0.1) is 30.7 Å². The van der Waals surface area contributed by atoms with E-state index in [9.17, 15) is 14.9 Å². The molecule has 0 amide bonds. The molecule has 1 saturated carbocycles. The zero-order valence-corrected chi connectivity index (χ0v) is 17.1. The summed E-state index contributed by atoms with van der Waals surface area (Å²) in [5, 5.41) is 10.7. The maximum Gasteiger partial charge on any atom is 0.269 e. The zero-order chi connectivity index (χ0) is 21.8. The summed E-state index contributed by atoms with van der Waals surface area (Å²) in [7, 11) is 1.57. The average molecular weight is 425 g/mol. The number of allylic oxidation sites excluding steroid dienone is 1. The minimum atomic E-state index is -0.427. The van der Waals surface area contributed by atoms with Gasteiger partial charge in [0.2, 0.25) is 11.5 Å². The fourth-order valence-corrected chi connectivity index (χ4v) is 3.88. The van der Waals surface area contributed by atoms with Crippen molar-refractivity contribution in [3.05, 3.63) is 76.2 Å². The lowest BCUT2D eigenvalue weighted by Gasteiger charge is -2.37. The normalized spacial score (nSPS) is 22.7. The highest BCUT2D eigenvalue weighted by atomic mass is 16.6. The third-order valence-corrected chi connectivity index (χ3v) is 5.57. The Morgan fingerprint density at radius 3 is 2.65 bits per heavy atom. The smallest absolute Gasteiger partial charge is 0.269 e. The first-order chi connectivity index (χ1) is 15.0. The van der Waals surface area contributed by atoms with Crippen molar-refractivity contribution in [2.24, 2.45) is 5.92 Å². The molecule has 0 radical (unpaired) electrons. The SMILES string of the molecule is COc1cccc(OC2=COC3CC(OCc4ccc([N+](=O)[O-])cc4)CCC3C2=O)c1. The third-order valence-electron chi connectivity index (χ3n) is 5.57. The number of non-ortho nitro benzene ring substituents is 1. The largest absolute Gasteiger partial charge is 0.497 e. The molecule has 1 aliphatic heterocycles. The number of nitro groups is 1. The number of hydrogen-bond donors (Lipinski definition) is 0. The number of carbonyl (C=O) groups is 1. The van der Waals surface area contributed by atoms with Crippen molar-refractivity contribution >= 4 is 11.5 Å². The molecule has 2 aromatic rings. The summed E-state index contributed by atoms with van der Waals surface area (Å²) in [4.78, 5) is 23.2. The molecule has 162 valence electrons. The van der Waals surface area contributed by atoms with E-state index in [0.717, 1.165) is 12.0 Å². The molecule has 2 aliphatic rings. The van der Waals surface area contributed by atoms with Gasteiger partial charge in [-0.3, -0.25) is 14.9 Å². The van der Waals surface area contributed by atoms with Crippen molar-refractivity contribution in [3.8, 4) is 11.5 Å². The maximum absolute atomic E-state index is 12.9. The van der Waals surface area contributed by atoms with Crippen LogP contribution in [0.5, 0.6) is 11.5 Å². The molecule has 0 N–H and O–H groups in total. The van der Waals surface area contributed by atoms with E-state index in [4.69, 9.17) is 18.9 Å². The summed E-state index contributed by atoms with van der Waals surface area (Å²) in [6.45, 7) is 0.355. The van der Waals surface area contributed by atoms with Crippen LogP contribution in [0.1, 0.15) is 24.8 Å². The van der Waals surface area contributed by atoms with Crippen LogP contribution >= 0.6 is 0 Å². The monoisotopic (exact) mass is 425 g/mol. The molecule has 8 nitrogen and oxygen atoms in total. The number of ether oxygens (including phenoxy) is 4. The highest BCUT2D eigenvalue weighted by Gasteiger charge is 2.41. The van der Waals surface area contributed by atoms with E-state index in [2.05, 4.69) is 0 Å². The summed E-state index contributed by atoms with van der Waals surface area (Å²) in [6, 6.07) is 13.4. The summed E-state index contributed by atoms with van der Waals surface area (Å²) in [6.07, 6.45) is 3.08. The fraction of sp³-hybridized carbons (Fsp3) is 0.348. The quantitative estimate of drug-likeness (QED) is 0.485. The number of methoxy groups -OCH3 is 1. The van der Waals surface area contributed by atoms with E-state index in [1.165, 1.54) is 18.4 Å². The number of fused-ring (bicyclic) bond motifs is 1. The lowest BCUT2D eigenvalue weighted by Crippen LogP contribution is -2.42.